The number of phenols is 1. The number of ether oxygens (including phenoxy) is 1. The molecule has 1 aliphatic heterocycles. The highest BCUT2D eigenvalue weighted by Gasteiger charge is 2.42. The molecule has 4 nitrogen and oxygen atoms in total. The maximum atomic E-state index is 13.7. The number of rotatable bonds is 5. The van der Waals surface area contributed by atoms with Crippen LogP contribution in [0.3, 0.4) is 0 Å². The Hall–Kier alpha value is -2.40. The van der Waals surface area contributed by atoms with Crippen LogP contribution in [0.1, 0.15) is 28.8 Å². The lowest BCUT2D eigenvalue weighted by Crippen LogP contribution is -2.30. The van der Waals surface area contributed by atoms with E-state index >= 15 is 0 Å². The first-order valence-electron chi connectivity index (χ1n) is 9.45. The first-order chi connectivity index (χ1) is 13.0. The van der Waals surface area contributed by atoms with Crippen LogP contribution in [0.4, 0.5) is 4.39 Å². The second-order valence-corrected chi connectivity index (χ2v) is 7.81. The lowest BCUT2D eigenvalue weighted by molar-refractivity contribution is 0.0936. The van der Waals surface area contributed by atoms with Gasteiger partial charge in [-0.05, 0) is 67.5 Å². The minimum Gasteiger partial charge on any atom is -0.508 e. The number of benzene rings is 2. The fourth-order valence-electron chi connectivity index (χ4n) is 4.35. The van der Waals surface area contributed by atoms with Crippen molar-refractivity contribution in [1.29, 1.82) is 0 Å². The maximum Gasteiger partial charge on any atom is 0.176 e. The van der Waals surface area contributed by atoms with Gasteiger partial charge >= 0.3 is 0 Å². The number of halogens is 1. The van der Waals surface area contributed by atoms with Gasteiger partial charge in [0, 0.05) is 24.7 Å². The van der Waals surface area contributed by atoms with E-state index in [2.05, 4.69) is 4.90 Å². The van der Waals surface area contributed by atoms with Crippen molar-refractivity contribution in [3.63, 3.8) is 0 Å². The van der Waals surface area contributed by atoms with Gasteiger partial charge in [0.15, 0.2) is 5.78 Å². The van der Waals surface area contributed by atoms with Gasteiger partial charge in [-0.1, -0.05) is 6.07 Å². The number of nitrogens with zero attached hydrogens (tertiary/aromatic N) is 1. The smallest absolute Gasteiger partial charge is 0.176 e. The second kappa shape index (κ2) is 7.31. The summed E-state index contributed by atoms with van der Waals surface area (Å²) in [5.41, 5.74) is 1.26. The summed E-state index contributed by atoms with van der Waals surface area (Å²) in [4.78, 5) is 14.6. The van der Waals surface area contributed by atoms with Crippen molar-refractivity contribution < 1.29 is 19.0 Å². The van der Waals surface area contributed by atoms with E-state index in [1.807, 2.05) is 6.07 Å². The molecule has 2 aromatic rings. The molecule has 1 heterocycles. The molecule has 2 fully saturated rings. The van der Waals surface area contributed by atoms with Crippen LogP contribution in [0.25, 0.3) is 0 Å². The summed E-state index contributed by atoms with van der Waals surface area (Å²) in [6, 6.07) is 11.5. The summed E-state index contributed by atoms with van der Waals surface area (Å²) in [6.45, 7) is 3.95. The molecule has 142 valence electrons. The van der Waals surface area contributed by atoms with Crippen molar-refractivity contribution in [3.05, 3.63) is 59.4 Å². The number of aryl methyl sites for hydroxylation is 1. The van der Waals surface area contributed by atoms with E-state index in [1.54, 1.807) is 37.3 Å². The van der Waals surface area contributed by atoms with Crippen molar-refractivity contribution in [2.45, 2.75) is 25.9 Å². The van der Waals surface area contributed by atoms with Crippen LogP contribution in [0.15, 0.2) is 42.5 Å². The Kier molecular flexibility index (Phi) is 4.87. The maximum absolute atomic E-state index is 13.7. The van der Waals surface area contributed by atoms with Crippen LogP contribution >= 0.6 is 0 Å². The summed E-state index contributed by atoms with van der Waals surface area (Å²) < 4.78 is 19.7. The zero-order valence-corrected chi connectivity index (χ0v) is 15.4. The summed E-state index contributed by atoms with van der Waals surface area (Å²) in [7, 11) is 0. The lowest BCUT2D eigenvalue weighted by atomic mass is 10.0. The largest absolute Gasteiger partial charge is 0.508 e. The Labute approximate surface area is 158 Å². The van der Waals surface area contributed by atoms with Crippen molar-refractivity contribution in [3.8, 4) is 11.5 Å². The third-order valence-electron chi connectivity index (χ3n) is 5.79. The third-order valence-corrected chi connectivity index (χ3v) is 5.79. The Morgan fingerprint density at radius 1 is 1.15 bits per heavy atom. The number of carbonyl (C=O) groups excluding carboxylic acids is 1. The van der Waals surface area contributed by atoms with E-state index in [1.165, 1.54) is 6.07 Å². The van der Waals surface area contributed by atoms with Gasteiger partial charge in [0.05, 0.1) is 12.6 Å². The Balaban J connectivity index is 1.29. The van der Waals surface area contributed by atoms with E-state index in [4.69, 9.17) is 4.74 Å². The molecule has 0 unspecified atom stereocenters. The average molecular weight is 369 g/mol. The third kappa shape index (κ3) is 3.98. The summed E-state index contributed by atoms with van der Waals surface area (Å²) in [5.74, 6) is 1.67. The van der Waals surface area contributed by atoms with Gasteiger partial charge in [-0.2, -0.15) is 0 Å². The lowest BCUT2D eigenvalue weighted by Gasteiger charge is -2.19. The highest BCUT2D eigenvalue weighted by Crippen LogP contribution is 2.39. The minimum atomic E-state index is -0.232. The quantitative estimate of drug-likeness (QED) is 0.815. The number of aromatic hydroxyl groups is 1. The van der Waals surface area contributed by atoms with Crippen LogP contribution in [0, 0.1) is 24.6 Å². The second-order valence-electron chi connectivity index (χ2n) is 7.81. The van der Waals surface area contributed by atoms with Crippen molar-refractivity contribution >= 4 is 5.78 Å². The fourth-order valence-corrected chi connectivity index (χ4v) is 4.35. The van der Waals surface area contributed by atoms with Crippen LogP contribution in [0.2, 0.25) is 0 Å². The van der Waals surface area contributed by atoms with Crippen molar-refractivity contribution in [1.82, 2.24) is 4.90 Å². The molecule has 2 aliphatic rings. The zero-order valence-electron chi connectivity index (χ0n) is 15.4. The molecule has 0 aromatic heterocycles. The molecule has 27 heavy (non-hydrogen) atoms. The SMILES string of the molecule is Cc1ccc(O[C@@H]2C[C@@H]3CN(CC(=O)c4ccc(O)cc4)C[C@@H]3C2)cc1F. The normalized spacial score (nSPS) is 24.7. The molecule has 0 radical (unpaired) electrons. The molecule has 0 bridgehead atoms. The van der Waals surface area contributed by atoms with E-state index in [0.717, 1.165) is 25.9 Å². The van der Waals surface area contributed by atoms with Crippen LogP contribution in [0.5, 0.6) is 11.5 Å². The van der Waals surface area contributed by atoms with Gasteiger partial charge in [0.1, 0.15) is 17.3 Å². The van der Waals surface area contributed by atoms with E-state index in [-0.39, 0.29) is 23.5 Å². The Morgan fingerprint density at radius 3 is 2.44 bits per heavy atom. The molecule has 4 rings (SSSR count). The summed E-state index contributed by atoms with van der Waals surface area (Å²) >= 11 is 0. The monoisotopic (exact) mass is 369 g/mol. The molecule has 0 spiro atoms. The number of fused-ring (bicyclic) bond motifs is 1. The van der Waals surface area contributed by atoms with E-state index < -0.39 is 0 Å². The zero-order chi connectivity index (χ0) is 19.0. The number of hydrogen-bond acceptors (Lipinski definition) is 4. The Morgan fingerprint density at radius 2 is 1.81 bits per heavy atom. The number of phenolic OH excluding ortho intramolecular Hbond substituents is 1. The number of hydrogen-bond donors (Lipinski definition) is 1. The minimum absolute atomic E-state index is 0.0814. The first-order valence-corrected chi connectivity index (χ1v) is 9.45. The molecule has 1 aliphatic carbocycles. The van der Waals surface area contributed by atoms with Crippen molar-refractivity contribution in [2.75, 3.05) is 19.6 Å². The average Bonchev–Trinajstić information content (AvgIpc) is 3.16. The summed E-state index contributed by atoms with van der Waals surface area (Å²) in [5, 5.41) is 9.34. The highest BCUT2D eigenvalue weighted by atomic mass is 19.1. The number of ketones is 1. The molecule has 1 saturated heterocycles. The van der Waals surface area contributed by atoms with Crippen LogP contribution in [-0.4, -0.2) is 41.5 Å². The molecule has 1 N–H and O–H groups in total. The standard InChI is InChI=1S/C22H24FNO3/c1-14-2-7-19(10-21(14)23)27-20-8-16-11-24(12-17(16)9-20)13-22(26)15-3-5-18(25)6-4-15/h2-7,10,16-17,20,25H,8-9,11-13H2,1H3/t16-,17+,20-. The molecule has 2 aromatic carbocycles. The Bertz CT molecular complexity index is 822. The topological polar surface area (TPSA) is 49.8 Å². The van der Waals surface area contributed by atoms with E-state index in [0.29, 0.717) is 35.3 Å². The molecular weight excluding hydrogens is 345 g/mol. The van der Waals surface area contributed by atoms with Gasteiger partial charge in [0.2, 0.25) is 0 Å². The van der Waals surface area contributed by atoms with Gasteiger partial charge in [0.25, 0.3) is 0 Å². The van der Waals surface area contributed by atoms with Crippen LogP contribution in [-0.2, 0) is 0 Å². The first kappa shape index (κ1) is 18.0. The van der Waals surface area contributed by atoms with Gasteiger partial charge in [-0.3, -0.25) is 9.69 Å². The van der Waals surface area contributed by atoms with Crippen molar-refractivity contribution in [2.24, 2.45) is 11.8 Å². The van der Waals surface area contributed by atoms with Gasteiger partial charge < -0.3 is 9.84 Å². The predicted molar refractivity (Wildman–Crippen MR) is 101 cm³/mol. The molecular formula is C22H24FNO3. The molecule has 3 atom stereocenters. The number of carbonyl (C=O) groups is 1. The van der Waals surface area contributed by atoms with Crippen LogP contribution < -0.4 is 4.74 Å². The molecule has 5 heteroatoms. The van der Waals surface area contributed by atoms with E-state index in [9.17, 15) is 14.3 Å². The number of Topliss-reactive ketones (excluding diaryl/α,β-unsaturated/α-hetero) is 1. The fraction of sp³-hybridized carbons (Fsp3) is 0.409. The summed E-state index contributed by atoms with van der Waals surface area (Å²) in [6.07, 6.45) is 2.02. The highest BCUT2D eigenvalue weighted by molar-refractivity contribution is 5.97. The number of likely N-dealkylation sites (tertiary alicyclic amines) is 1. The molecule has 0 amide bonds. The van der Waals surface area contributed by atoms with Gasteiger partial charge in [-0.25, -0.2) is 4.39 Å². The predicted octanol–water partition coefficient (Wildman–Crippen LogP) is 3.81. The molecule has 1 saturated carbocycles. The van der Waals surface area contributed by atoms with Gasteiger partial charge in [-0.15, -0.1) is 0 Å².